The molecule has 21 heavy (non-hydrogen) atoms. The SMILES string of the molecule is CCC(C)Oc1nc(CNCC(C)C)cc2ccccc12. The van der Waals surface area contributed by atoms with E-state index in [0.717, 1.165) is 36.5 Å². The summed E-state index contributed by atoms with van der Waals surface area (Å²) in [5.74, 6) is 1.39. The molecule has 1 heterocycles. The van der Waals surface area contributed by atoms with Crippen molar-refractivity contribution in [2.75, 3.05) is 6.54 Å². The van der Waals surface area contributed by atoms with Gasteiger partial charge in [0.2, 0.25) is 5.88 Å². The zero-order valence-corrected chi connectivity index (χ0v) is 13.5. The monoisotopic (exact) mass is 286 g/mol. The molecule has 0 aliphatic heterocycles. The number of pyridine rings is 1. The van der Waals surface area contributed by atoms with Crippen LogP contribution in [0, 0.1) is 5.92 Å². The highest BCUT2D eigenvalue weighted by Gasteiger charge is 2.10. The van der Waals surface area contributed by atoms with Gasteiger partial charge < -0.3 is 10.1 Å². The summed E-state index contributed by atoms with van der Waals surface area (Å²) in [6.07, 6.45) is 1.16. The molecule has 1 unspecified atom stereocenters. The summed E-state index contributed by atoms with van der Waals surface area (Å²) >= 11 is 0. The lowest BCUT2D eigenvalue weighted by Crippen LogP contribution is -2.20. The van der Waals surface area contributed by atoms with Crippen LogP contribution >= 0.6 is 0 Å². The fraction of sp³-hybridized carbons (Fsp3) is 0.500. The van der Waals surface area contributed by atoms with E-state index in [1.807, 2.05) is 6.07 Å². The highest BCUT2D eigenvalue weighted by Crippen LogP contribution is 2.25. The molecule has 2 rings (SSSR count). The molecule has 1 atom stereocenters. The molecule has 0 bridgehead atoms. The lowest BCUT2D eigenvalue weighted by Gasteiger charge is -2.15. The first-order valence-electron chi connectivity index (χ1n) is 7.86. The second-order valence-corrected chi connectivity index (χ2v) is 6.00. The van der Waals surface area contributed by atoms with E-state index in [-0.39, 0.29) is 6.10 Å². The summed E-state index contributed by atoms with van der Waals surface area (Å²) in [5, 5.41) is 5.72. The number of hydrogen-bond donors (Lipinski definition) is 1. The van der Waals surface area contributed by atoms with Crippen molar-refractivity contribution >= 4 is 10.8 Å². The van der Waals surface area contributed by atoms with Crippen LogP contribution in [0.15, 0.2) is 30.3 Å². The molecule has 0 radical (unpaired) electrons. The first kappa shape index (κ1) is 15.8. The van der Waals surface area contributed by atoms with Crippen LogP contribution in [0.1, 0.15) is 39.8 Å². The van der Waals surface area contributed by atoms with Crippen LogP contribution in [0.2, 0.25) is 0 Å². The number of ether oxygens (including phenoxy) is 1. The van der Waals surface area contributed by atoms with Gasteiger partial charge in [-0.05, 0) is 43.3 Å². The van der Waals surface area contributed by atoms with Crippen LogP contribution in [-0.4, -0.2) is 17.6 Å². The van der Waals surface area contributed by atoms with Crippen molar-refractivity contribution in [2.24, 2.45) is 5.92 Å². The van der Waals surface area contributed by atoms with Crippen molar-refractivity contribution in [2.45, 2.75) is 46.8 Å². The fourth-order valence-electron chi connectivity index (χ4n) is 2.16. The van der Waals surface area contributed by atoms with Gasteiger partial charge in [-0.1, -0.05) is 39.0 Å². The maximum Gasteiger partial charge on any atom is 0.221 e. The average molecular weight is 286 g/mol. The maximum absolute atomic E-state index is 6.01. The molecule has 0 aliphatic carbocycles. The highest BCUT2D eigenvalue weighted by molar-refractivity contribution is 5.87. The van der Waals surface area contributed by atoms with E-state index in [1.165, 1.54) is 5.39 Å². The zero-order valence-electron chi connectivity index (χ0n) is 13.5. The molecule has 3 heteroatoms. The van der Waals surface area contributed by atoms with Gasteiger partial charge >= 0.3 is 0 Å². The van der Waals surface area contributed by atoms with E-state index in [1.54, 1.807) is 0 Å². The Balaban J connectivity index is 2.26. The molecular weight excluding hydrogens is 260 g/mol. The summed E-state index contributed by atoms with van der Waals surface area (Å²) in [5.41, 5.74) is 1.03. The quantitative estimate of drug-likeness (QED) is 0.830. The third-order valence-electron chi connectivity index (χ3n) is 3.50. The number of fused-ring (bicyclic) bond motifs is 1. The molecule has 0 amide bonds. The van der Waals surface area contributed by atoms with Gasteiger partial charge in [0, 0.05) is 11.9 Å². The normalized spacial score (nSPS) is 12.8. The van der Waals surface area contributed by atoms with E-state index in [9.17, 15) is 0 Å². The molecule has 114 valence electrons. The van der Waals surface area contributed by atoms with Gasteiger partial charge in [-0.15, -0.1) is 0 Å². The molecule has 1 N–H and O–H groups in total. The number of rotatable bonds is 7. The number of nitrogens with one attached hydrogen (secondary N) is 1. The lowest BCUT2D eigenvalue weighted by atomic mass is 10.1. The molecule has 0 saturated heterocycles. The minimum atomic E-state index is 0.180. The van der Waals surface area contributed by atoms with Gasteiger partial charge in [0.1, 0.15) is 0 Å². The molecule has 0 saturated carbocycles. The highest BCUT2D eigenvalue weighted by atomic mass is 16.5. The molecule has 1 aromatic carbocycles. The number of nitrogens with zero attached hydrogens (tertiary/aromatic N) is 1. The standard InChI is InChI=1S/C18H26N2O/c1-5-14(4)21-18-17-9-7-6-8-15(17)10-16(20-18)12-19-11-13(2)3/h6-10,13-14,19H,5,11-12H2,1-4H3. The Hall–Kier alpha value is -1.61. The third kappa shape index (κ3) is 4.43. The Morgan fingerprint density at radius 3 is 2.67 bits per heavy atom. The molecule has 2 aromatic rings. The lowest BCUT2D eigenvalue weighted by molar-refractivity contribution is 0.211. The predicted molar refractivity (Wildman–Crippen MR) is 88.7 cm³/mol. The second kappa shape index (κ2) is 7.41. The van der Waals surface area contributed by atoms with Crippen LogP contribution in [0.5, 0.6) is 5.88 Å². The van der Waals surface area contributed by atoms with E-state index in [2.05, 4.69) is 57.3 Å². The predicted octanol–water partition coefficient (Wildman–Crippen LogP) is 4.16. The van der Waals surface area contributed by atoms with E-state index in [0.29, 0.717) is 5.92 Å². The number of hydrogen-bond acceptors (Lipinski definition) is 3. The summed E-state index contributed by atoms with van der Waals surface area (Å²) in [6, 6.07) is 10.4. The molecule has 1 aromatic heterocycles. The summed E-state index contributed by atoms with van der Waals surface area (Å²) in [7, 11) is 0. The molecule has 0 aliphatic rings. The van der Waals surface area contributed by atoms with Gasteiger partial charge in [0.15, 0.2) is 0 Å². The van der Waals surface area contributed by atoms with Crippen molar-refractivity contribution in [1.29, 1.82) is 0 Å². The van der Waals surface area contributed by atoms with Gasteiger partial charge in [-0.2, -0.15) is 0 Å². The van der Waals surface area contributed by atoms with E-state index >= 15 is 0 Å². The van der Waals surface area contributed by atoms with Crippen molar-refractivity contribution in [1.82, 2.24) is 10.3 Å². The smallest absolute Gasteiger partial charge is 0.221 e. The number of aromatic nitrogens is 1. The Kier molecular flexibility index (Phi) is 5.57. The zero-order chi connectivity index (χ0) is 15.2. The average Bonchev–Trinajstić information content (AvgIpc) is 2.46. The topological polar surface area (TPSA) is 34.1 Å². The second-order valence-electron chi connectivity index (χ2n) is 6.00. The summed E-state index contributed by atoms with van der Waals surface area (Å²) < 4.78 is 6.01. The Labute approximate surface area is 127 Å². The van der Waals surface area contributed by atoms with Crippen LogP contribution in [0.25, 0.3) is 10.8 Å². The fourth-order valence-corrected chi connectivity index (χ4v) is 2.16. The Morgan fingerprint density at radius 1 is 1.19 bits per heavy atom. The maximum atomic E-state index is 6.01. The molecular formula is C18H26N2O. The van der Waals surface area contributed by atoms with Crippen molar-refractivity contribution in [3.05, 3.63) is 36.0 Å². The van der Waals surface area contributed by atoms with Crippen LogP contribution in [0.3, 0.4) is 0 Å². The minimum absolute atomic E-state index is 0.180. The van der Waals surface area contributed by atoms with Crippen molar-refractivity contribution in [3.8, 4) is 5.88 Å². The number of benzene rings is 1. The van der Waals surface area contributed by atoms with Gasteiger partial charge in [0.05, 0.1) is 11.8 Å². The molecule has 0 fully saturated rings. The van der Waals surface area contributed by atoms with Crippen LogP contribution in [-0.2, 0) is 6.54 Å². The Morgan fingerprint density at radius 2 is 1.95 bits per heavy atom. The molecule has 3 nitrogen and oxygen atoms in total. The summed E-state index contributed by atoms with van der Waals surface area (Å²) in [6.45, 7) is 10.4. The van der Waals surface area contributed by atoms with Crippen LogP contribution < -0.4 is 10.1 Å². The van der Waals surface area contributed by atoms with E-state index < -0.39 is 0 Å². The van der Waals surface area contributed by atoms with Crippen molar-refractivity contribution < 1.29 is 4.74 Å². The van der Waals surface area contributed by atoms with Gasteiger partial charge in [-0.25, -0.2) is 4.98 Å². The largest absolute Gasteiger partial charge is 0.474 e. The third-order valence-corrected chi connectivity index (χ3v) is 3.50. The van der Waals surface area contributed by atoms with Crippen LogP contribution in [0.4, 0.5) is 0 Å². The van der Waals surface area contributed by atoms with Crippen molar-refractivity contribution in [3.63, 3.8) is 0 Å². The first-order valence-corrected chi connectivity index (χ1v) is 7.86. The Bertz CT molecular complexity index is 580. The first-order chi connectivity index (χ1) is 10.1. The molecule has 0 spiro atoms. The minimum Gasteiger partial charge on any atom is -0.474 e. The van der Waals surface area contributed by atoms with E-state index in [4.69, 9.17) is 9.72 Å². The van der Waals surface area contributed by atoms with Gasteiger partial charge in [0.25, 0.3) is 0 Å². The van der Waals surface area contributed by atoms with Gasteiger partial charge in [-0.3, -0.25) is 0 Å². The summed E-state index contributed by atoms with van der Waals surface area (Å²) in [4.78, 5) is 4.70.